The van der Waals surface area contributed by atoms with E-state index < -0.39 is 0 Å². The van der Waals surface area contributed by atoms with Gasteiger partial charge < -0.3 is 9.32 Å². The zero-order valence-electron chi connectivity index (χ0n) is 9.19. The van der Waals surface area contributed by atoms with E-state index in [2.05, 4.69) is 4.90 Å². The molecule has 1 aromatic carbocycles. The maximum Gasteiger partial charge on any atom is 0.338 e. The quantitative estimate of drug-likeness (QED) is 0.684. The van der Waals surface area contributed by atoms with Crippen molar-refractivity contribution < 1.29 is 4.42 Å². The Kier molecular flexibility index (Phi) is 1.99. The van der Waals surface area contributed by atoms with Crippen molar-refractivity contribution in [2.45, 2.75) is 13.3 Å². The van der Waals surface area contributed by atoms with Gasteiger partial charge in [0.15, 0.2) is 0 Å². The van der Waals surface area contributed by atoms with Crippen LogP contribution in [0.2, 0.25) is 0 Å². The van der Waals surface area contributed by atoms with Gasteiger partial charge in [-0.25, -0.2) is 4.79 Å². The van der Waals surface area contributed by atoms with Gasteiger partial charge in [-0.3, -0.25) is 0 Å². The summed E-state index contributed by atoms with van der Waals surface area (Å²) in [5, 5.41) is 1.03. The molecule has 1 aliphatic heterocycles. The highest BCUT2D eigenvalue weighted by molar-refractivity contribution is 5.90. The smallest absolute Gasteiger partial charge is 0.338 e. The average molecular weight is 215 g/mol. The van der Waals surface area contributed by atoms with Gasteiger partial charge in [0.05, 0.1) is 5.69 Å². The van der Waals surface area contributed by atoms with Crippen molar-refractivity contribution >= 4 is 16.7 Å². The number of anilines is 1. The zero-order valence-corrected chi connectivity index (χ0v) is 9.19. The molecule has 2 heterocycles. The minimum absolute atomic E-state index is 0.264. The van der Waals surface area contributed by atoms with Crippen molar-refractivity contribution in [1.82, 2.24) is 0 Å². The fraction of sp³-hybridized carbons (Fsp3) is 0.308. The number of benzene rings is 1. The van der Waals surface area contributed by atoms with Gasteiger partial charge in [0, 0.05) is 24.5 Å². The van der Waals surface area contributed by atoms with Crippen LogP contribution in [-0.4, -0.2) is 13.1 Å². The zero-order chi connectivity index (χ0) is 11.1. The Bertz CT molecular complexity index is 596. The third-order valence-electron chi connectivity index (χ3n) is 3.07. The van der Waals surface area contributed by atoms with Crippen LogP contribution in [0.25, 0.3) is 11.0 Å². The lowest BCUT2D eigenvalue weighted by molar-refractivity contribution is 0.555. The molecular formula is C13H13NO2. The standard InChI is InChI=1S/C13H13NO2/c1-9-3-4-10-11(14-5-2-6-14)8-13(15)16-12(10)7-9/h3-4,7-8H,2,5-6H2,1H3. The van der Waals surface area contributed by atoms with Gasteiger partial charge in [0.1, 0.15) is 5.58 Å². The molecule has 0 amide bonds. The predicted molar refractivity (Wildman–Crippen MR) is 64.1 cm³/mol. The molecule has 82 valence electrons. The molecule has 1 aliphatic rings. The summed E-state index contributed by atoms with van der Waals surface area (Å²) in [6.07, 6.45) is 1.20. The summed E-state index contributed by atoms with van der Waals surface area (Å²) in [5.74, 6) is 0. The van der Waals surface area contributed by atoms with E-state index >= 15 is 0 Å². The highest BCUT2D eigenvalue weighted by Gasteiger charge is 2.18. The third-order valence-corrected chi connectivity index (χ3v) is 3.07. The van der Waals surface area contributed by atoms with Gasteiger partial charge >= 0.3 is 5.63 Å². The van der Waals surface area contributed by atoms with Crippen molar-refractivity contribution in [3.05, 3.63) is 40.2 Å². The predicted octanol–water partition coefficient (Wildman–Crippen LogP) is 2.31. The van der Waals surface area contributed by atoms with Gasteiger partial charge in [-0.1, -0.05) is 6.07 Å². The first-order valence-electron chi connectivity index (χ1n) is 5.53. The molecule has 0 N–H and O–H groups in total. The van der Waals surface area contributed by atoms with Crippen LogP contribution >= 0.6 is 0 Å². The molecule has 0 aliphatic carbocycles. The molecule has 1 fully saturated rings. The Labute approximate surface area is 93.3 Å². The van der Waals surface area contributed by atoms with E-state index in [1.165, 1.54) is 6.42 Å². The third kappa shape index (κ3) is 1.40. The summed E-state index contributed by atoms with van der Waals surface area (Å²) in [4.78, 5) is 13.7. The molecule has 1 aromatic heterocycles. The van der Waals surface area contributed by atoms with Crippen LogP contribution in [0.15, 0.2) is 33.5 Å². The van der Waals surface area contributed by atoms with E-state index in [4.69, 9.17) is 4.42 Å². The summed E-state index contributed by atoms with van der Waals surface area (Å²) >= 11 is 0. The van der Waals surface area contributed by atoms with Crippen molar-refractivity contribution in [2.75, 3.05) is 18.0 Å². The van der Waals surface area contributed by atoms with Crippen molar-refractivity contribution in [3.8, 4) is 0 Å². The largest absolute Gasteiger partial charge is 0.423 e. The van der Waals surface area contributed by atoms with E-state index in [9.17, 15) is 4.79 Å². The number of aryl methyl sites for hydroxylation is 1. The van der Waals surface area contributed by atoms with Gasteiger partial charge in [-0.05, 0) is 31.0 Å². The molecule has 3 nitrogen and oxygen atoms in total. The average Bonchev–Trinajstić information content (AvgIpc) is 2.13. The molecule has 2 aromatic rings. The first-order valence-corrected chi connectivity index (χ1v) is 5.53. The van der Waals surface area contributed by atoms with Crippen LogP contribution in [0.4, 0.5) is 5.69 Å². The number of rotatable bonds is 1. The lowest BCUT2D eigenvalue weighted by Crippen LogP contribution is -2.37. The molecule has 0 bridgehead atoms. The second-order valence-electron chi connectivity index (χ2n) is 4.29. The van der Waals surface area contributed by atoms with Gasteiger partial charge in [0.2, 0.25) is 0 Å². The Morgan fingerprint density at radius 1 is 1.25 bits per heavy atom. The Balaban J connectivity index is 2.29. The van der Waals surface area contributed by atoms with Crippen LogP contribution in [0.3, 0.4) is 0 Å². The summed E-state index contributed by atoms with van der Waals surface area (Å²) in [6, 6.07) is 7.59. The highest BCUT2D eigenvalue weighted by atomic mass is 16.4. The SMILES string of the molecule is Cc1ccc2c(N3CCC3)cc(=O)oc2c1. The number of hydrogen-bond acceptors (Lipinski definition) is 3. The monoisotopic (exact) mass is 215 g/mol. The second-order valence-corrected chi connectivity index (χ2v) is 4.29. The molecule has 0 saturated carbocycles. The Morgan fingerprint density at radius 3 is 2.75 bits per heavy atom. The molecule has 1 saturated heterocycles. The molecule has 0 atom stereocenters. The number of hydrogen-bond donors (Lipinski definition) is 0. The van der Waals surface area contributed by atoms with Gasteiger partial charge in [-0.2, -0.15) is 0 Å². The molecule has 0 radical (unpaired) electrons. The fourth-order valence-corrected chi connectivity index (χ4v) is 2.07. The summed E-state index contributed by atoms with van der Waals surface area (Å²) < 4.78 is 5.22. The normalized spacial score (nSPS) is 15.2. The van der Waals surface area contributed by atoms with Gasteiger partial charge in [0.25, 0.3) is 0 Å². The fourth-order valence-electron chi connectivity index (χ4n) is 2.07. The highest BCUT2D eigenvalue weighted by Crippen LogP contribution is 2.28. The van der Waals surface area contributed by atoms with Crippen LogP contribution in [-0.2, 0) is 0 Å². The molecule has 0 spiro atoms. The van der Waals surface area contributed by atoms with Crippen molar-refractivity contribution in [2.24, 2.45) is 0 Å². The van der Waals surface area contributed by atoms with E-state index in [1.807, 2.05) is 25.1 Å². The van der Waals surface area contributed by atoms with Crippen LogP contribution < -0.4 is 10.5 Å². The number of nitrogens with zero attached hydrogens (tertiary/aromatic N) is 1. The summed E-state index contributed by atoms with van der Waals surface area (Å²) in [6.45, 7) is 4.06. The Morgan fingerprint density at radius 2 is 2.06 bits per heavy atom. The first kappa shape index (κ1) is 9.46. The molecule has 3 rings (SSSR count). The second kappa shape index (κ2) is 3.37. The summed E-state index contributed by atoms with van der Waals surface area (Å²) in [7, 11) is 0. The van der Waals surface area contributed by atoms with E-state index in [-0.39, 0.29) is 5.63 Å². The molecule has 0 unspecified atom stereocenters. The maximum absolute atomic E-state index is 11.5. The summed E-state index contributed by atoms with van der Waals surface area (Å²) in [5.41, 5.74) is 2.54. The molecular weight excluding hydrogens is 202 g/mol. The van der Waals surface area contributed by atoms with Crippen LogP contribution in [0.1, 0.15) is 12.0 Å². The van der Waals surface area contributed by atoms with E-state index in [0.717, 1.165) is 29.7 Å². The topological polar surface area (TPSA) is 33.5 Å². The van der Waals surface area contributed by atoms with E-state index in [0.29, 0.717) is 5.58 Å². The minimum Gasteiger partial charge on any atom is -0.423 e. The van der Waals surface area contributed by atoms with Crippen LogP contribution in [0.5, 0.6) is 0 Å². The number of fused-ring (bicyclic) bond motifs is 1. The van der Waals surface area contributed by atoms with E-state index in [1.54, 1.807) is 6.07 Å². The lowest BCUT2D eigenvalue weighted by Gasteiger charge is -2.33. The van der Waals surface area contributed by atoms with Crippen LogP contribution in [0, 0.1) is 6.92 Å². The Hall–Kier alpha value is -1.77. The molecule has 3 heteroatoms. The maximum atomic E-state index is 11.5. The van der Waals surface area contributed by atoms with Crippen molar-refractivity contribution in [3.63, 3.8) is 0 Å². The lowest BCUT2D eigenvalue weighted by atomic mass is 10.1. The molecule has 16 heavy (non-hydrogen) atoms. The first-order chi connectivity index (χ1) is 7.74. The van der Waals surface area contributed by atoms with Gasteiger partial charge in [-0.15, -0.1) is 0 Å². The van der Waals surface area contributed by atoms with Crippen molar-refractivity contribution in [1.29, 1.82) is 0 Å². The minimum atomic E-state index is -0.264.